The van der Waals surface area contributed by atoms with Crippen molar-refractivity contribution < 1.29 is 0 Å². The van der Waals surface area contributed by atoms with Crippen LogP contribution in [0.1, 0.15) is 46.0 Å². The van der Waals surface area contributed by atoms with Crippen molar-refractivity contribution in [1.82, 2.24) is 0 Å². The predicted octanol–water partition coefficient (Wildman–Crippen LogP) is 3.71. The fourth-order valence-electron chi connectivity index (χ4n) is 4.67. The highest BCUT2D eigenvalue weighted by molar-refractivity contribution is 4.95. The van der Waals surface area contributed by atoms with Crippen LogP contribution in [-0.4, -0.2) is 0 Å². The predicted molar refractivity (Wildman–Crippen MR) is 55.4 cm³/mol. The quantitative estimate of drug-likeness (QED) is 0.530. The Labute approximate surface area is 82.1 Å². The van der Waals surface area contributed by atoms with Gasteiger partial charge in [-0.15, -0.1) is 0 Å². The lowest BCUT2D eigenvalue weighted by molar-refractivity contribution is 0.125. The summed E-state index contributed by atoms with van der Waals surface area (Å²) in [6, 6.07) is 0. The van der Waals surface area contributed by atoms with E-state index in [-0.39, 0.29) is 0 Å². The van der Waals surface area contributed by atoms with Crippen molar-refractivity contribution in [2.75, 3.05) is 0 Å². The molecule has 4 aliphatic carbocycles. The minimum absolute atomic E-state index is 1.03. The highest BCUT2D eigenvalue weighted by Gasteiger charge is 2.45. The van der Waals surface area contributed by atoms with Crippen molar-refractivity contribution >= 4 is 0 Å². The van der Waals surface area contributed by atoms with Crippen LogP contribution in [-0.2, 0) is 0 Å². The van der Waals surface area contributed by atoms with Crippen LogP contribution in [0.15, 0.2) is 0 Å². The normalized spacial score (nSPS) is 59.5. The highest BCUT2D eigenvalue weighted by atomic mass is 14.5. The number of hydrogen-bond donors (Lipinski definition) is 0. The first kappa shape index (κ1) is 8.32. The highest BCUT2D eigenvalue weighted by Crippen LogP contribution is 2.55. The Morgan fingerprint density at radius 1 is 0.615 bits per heavy atom. The van der Waals surface area contributed by atoms with E-state index < -0.39 is 0 Å². The fraction of sp³-hybridized carbons (Fsp3) is 1.00. The Morgan fingerprint density at radius 2 is 1.00 bits per heavy atom. The van der Waals surface area contributed by atoms with Gasteiger partial charge in [-0.05, 0) is 67.6 Å². The van der Waals surface area contributed by atoms with Gasteiger partial charge >= 0.3 is 0 Å². The third kappa shape index (κ3) is 1.17. The first-order chi connectivity index (χ1) is 6.24. The van der Waals surface area contributed by atoms with Gasteiger partial charge in [-0.3, -0.25) is 0 Å². The zero-order valence-corrected chi connectivity index (χ0v) is 9.00. The van der Waals surface area contributed by atoms with Gasteiger partial charge in [0.15, 0.2) is 0 Å². The second kappa shape index (κ2) is 2.74. The van der Waals surface area contributed by atoms with Crippen LogP contribution in [0.2, 0.25) is 0 Å². The molecule has 0 amide bonds. The molecule has 2 unspecified atom stereocenters. The summed E-state index contributed by atoms with van der Waals surface area (Å²) >= 11 is 0. The molecule has 74 valence electrons. The molecule has 0 nitrogen and oxygen atoms in total. The summed E-state index contributed by atoms with van der Waals surface area (Å²) in [5.74, 6) is 6.53. The van der Waals surface area contributed by atoms with E-state index >= 15 is 0 Å². The minimum Gasteiger partial charge on any atom is -0.0620 e. The average molecular weight is 178 g/mol. The van der Waals surface area contributed by atoms with Crippen molar-refractivity contribution in [2.45, 2.75) is 46.0 Å². The number of rotatable bonds is 0. The van der Waals surface area contributed by atoms with Crippen molar-refractivity contribution in [3.63, 3.8) is 0 Å². The van der Waals surface area contributed by atoms with Gasteiger partial charge in [-0.1, -0.05) is 13.8 Å². The van der Waals surface area contributed by atoms with Crippen molar-refractivity contribution in [3.05, 3.63) is 0 Å². The third-order valence-electron chi connectivity index (χ3n) is 5.53. The van der Waals surface area contributed by atoms with E-state index in [1.54, 1.807) is 32.1 Å². The zero-order valence-electron chi connectivity index (χ0n) is 9.00. The lowest BCUT2D eigenvalue weighted by atomic mass is 9.67. The largest absolute Gasteiger partial charge is 0.0620 e. The Balaban J connectivity index is 1.94. The third-order valence-corrected chi connectivity index (χ3v) is 5.53. The van der Waals surface area contributed by atoms with Gasteiger partial charge in [0, 0.05) is 0 Å². The molecule has 0 aromatic heterocycles. The van der Waals surface area contributed by atoms with Gasteiger partial charge < -0.3 is 0 Å². The molecule has 0 heteroatoms. The van der Waals surface area contributed by atoms with Crippen molar-refractivity contribution in [2.24, 2.45) is 35.5 Å². The molecule has 0 aromatic rings. The summed E-state index contributed by atoms with van der Waals surface area (Å²) in [6.45, 7) is 5.05. The zero-order chi connectivity index (χ0) is 9.00. The lowest BCUT2D eigenvalue weighted by Gasteiger charge is -2.38. The topological polar surface area (TPSA) is 0 Å². The average Bonchev–Trinajstić information content (AvgIpc) is 2.23. The van der Waals surface area contributed by atoms with Crippen LogP contribution in [0, 0.1) is 35.5 Å². The number of hydrogen-bond acceptors (Lipinski definition) is 0. The minimum atomic E-state index is 1.03. The molecule has 4 rings (SSSR count). The van der Waals surface area contributed by atoms with E-state index in [1.165, 1.54) is 0 Å². The molecule has 0 spiro atoms. The van der Waals surface area contributed by atoms with Crippen LogP contribution >= 0.6 is 0 Å². The standard InChI is InChI=1S/C13H22/c1-8-9(2)13-6-10-3-11(7-13)5-12(8)4-10/h8-13H,3-7H2,1-2H3. The van der Waals surface area contributed by atoms with E-state index in [1.807, 2.05) is 0 Å². The van der Waals surface area contributed by atoms with Crippen LogP contribution in [0.3, 0.4) is 0 Å². The second-order valence-corrected chi connectivity index (χ2v) is 6.15. The summed E-state index contributed by atoms with van der Waals surface area (Å²) in [7, 11) is 0. The molecule has 0 aliphatic heterocycles. The maximum Gasteiger partial charge on any atom is -0.0381 e. The van der Waals surface area contributed by atoms with Gasteiger partial charge in [0.2, 0.25) is 0 Å². The molecule has 0 saturated heterocycles. The molecule has 0 aromatic carbocycles. The molecule has 4 aliphatic rings. The van der Waals surface area contributed by atoms with Crippen LogP contribution in [0.5, 0.6) is 0 Å². The van der Waals surface area contributed by atoms with Gasteiger partial charge in [-0.2, -0.15) is 0 Å². The lowest BCUT2D eigenvalue weighted by Crippen LogP contribution is -2.27. The summed E-state index contributed by atoms with van der Waals surface area (Å²) in [6.07, 6.45) is 7.92. The summed E-state index contributed by atoms with van der Waals surface area (Å²) in [4.78, 5) is 0. The van der Waals surface area contributed by atoms with E-state index in [0.717, 1.165) is 35.5 Å². The smallest absolute Gasteiger partial charge is 0.0381 e. The summed E-state index contributed by atoms with van der Waals surface area (Å²) < 4.78 is 0. The SMILES string of the molecule is CC1C2CC3CC(C2)CC(C3)C1C. The Morgan fingerprint density at radius 3 is 1.38 bits per heavy atom. The molecule has 2 atom stereocenters. The van der Waals surface area contributed by atoms with Crippen molar-refractivity contribution in [1.29, 1.82) is 0 Å². The monoisotopic (exact) mass is 178 g/mol. The van der Waals surface area contributed by atoms with Crippen LogP contribution in [0.4, 0.5) is 0 Å². The van der Waals surface area contributed by atoms with Gasteiger partial charge in [0.25, 0.3) is 0 Å². The van der Waals surface area contributed by atoms with Crippen molar-refractivity contribution in [3.8, 4) is 0 Å². The first-order valence-electron chi connectivity index (χ1n) is 6.24. The molecule has 4 bridgehead atoms. The van der Waals surface area contributed by atoms with Gasteiger partial charge in [0.05, 0.1) is 0 Å². The Kier molecular flexibility index (Phi) is 1.76. The van der Waals surface area contributed by atoms with Crippen LogP contribution in [0.25, 0.3) is 0 Å². The number of fused-ring (bicyclic) bond motifs is 1. The summed E-state index contributed by atoms with van der Waals surface area (Å²) in [5.41, 5.74) is 0. The molecular weight excluding hydrogens is 156 g/mol. The first-order valence-corrected chi connectivity index (χ1v) is 6.24. The fourth-order valence-corrected chi connectivity index (χ4v) is 4.67. The molecule has 4 saturated carbocycles. The molecular formula is C13H22. The Hall–Kier alpha value is 0. The van der Waals surface area contributed by atoms with E-state index in [0.29, 0.717) is 0 Å². The van der Waals surface area contributed by atoms with E-state index in [9.17, 15) is 0 Å². The summed E-state index contributed by atoms with van der Waals surface area (Å²) in [5, 5.41) is 0. The second-order valence-electron chi connectivity index (χ2n) is 6.15. The molecule has 4 fully saturated rings. The van der Waals surface area contributed by atoms with E-state index in [4.69, 9.17) is 0 Å². The molecule has 13 heavy (non-hydrogen) atoms. The molecule has 0 radical (unpaired) electrons. The van der Waals surface area contributed by atoms with Crippen LogP contribution < -0.4 is 0 Å². The maximum absolute atomic E-state index is 2.53. The molecule has 0 N–H and O–H groups in total. The van der Waals surface area contributed by atoms with Gasteiger partial charge in [-0.25, -0.2) is 0 Å². The molecule has 0 heterocycles. The van der Waals surface area contributed by atoms with E-state index in [2.05, 4.69) is 13.8 Å². The maximum atomic E-state index is 2.53. The Bertz CT molecular complexity index is 174. The van der Waals surface area contributed by atoms with Gasteiger partial charge in [0.1, 0.15) is 0 Å².